The first-order valence-electron chi connectivity index (χ1n) is 9.03. The Hall–Kier alpha value is -0.900. The molecule has 9 heteroatoms. The highest BCUT2D eigenvalue weighted by Crippen LogP contribution is 2.09. The monoisotopic (exact) mass is 378 g/mol. The highest BCUT2D eigenvalue weighted by molar-refractivity contribution is 7.89. The van der Waals surface area contributed by atoms with Crippen LogP contribution >= 0.6 is 0 Å². The molecule has 148 valence electrons. The summed E-state index contributed by atoms with van der Waals surface area (Å²) < 4.78 is 31.6. The van der Waals surface area contributed by atoms with Crippen molar-refractivity contribution in [2.24, 2.45) is 10.9 Å². The summed E-state index contributed by atoms with van der Waals surface area (Å²) in [6.45, 7) is 11.5. The molecule has 1 atom stereocenters. The van der Waals surface area contributed by atoms with E-state index in [1.807, 2.05) is 27.7 Å². The van der Waals surface area contributed by atoms with Gasteiger partial charge in [-0.15, -0.1) is 0 Å². The van der Waals surface area contributed by atoms with Gasteiger partial charge < -0.3 is 20.1 Å². The summed E-state index contributed by atoms with van der Waals surface area (Å²) in [4.78, 5) is 6.62. The second-order valence-electron chi connectivity index (χ2n) is 6.60. The minimum absolute atomic E-state index is 0.0212. The van der Waals surface area contributed by atoms with Crippen LogP contribution in [0.5, 0.6) is 0 Å². The number of rotatable bonds is 9. The second kappa shape index (κ2) is 10.9. The zero-order chi connectivity index (χ0) is 18.9. The highest BCUT2D eigenvalue weighted by atomic mass is 32.2. The van der Waals surface area contributed by atoms with E-state index in [1.165, 1.54) is 4.31 Å². The summed E-state index contributed by atoms with van der Waals surface area (Å²) in [5.41, 5.74) is 0. The minimum Gasteiger partial charge on any atom is -0.396 e. The number of ether oxygens (including phenoxy) is 1. The van der Waals surface area contributed by atoms with Crippen molar-refractivity contribution in [2.75, 3.05) is 58.2 Å². The molecule has 1 unspecified atom stereocenters. The fourth-order valence-electron chi connectivity index (χ4n) is 2.42. The Balaban J connectivity index is 2.57. The molecule has 1 fully saturated rings. The molecule has 0 amide bonds. The topological polar surface area (TPSA) is 94.5 Å². The summed E-state index contributed by atoms with van der Waals surface area (Å²) >= 11 is 0. The number of guanidine groups is 1. The summed E-state index contributed by atoms with van der Waals surface area (Å²) in [7, 11) is -3.28. The lowest BCUT2D eigenvalue weighted by molar-refractivity contribution is 0.0904. The van der Waals surface area contributed by atoms with Crippen molar-refractivity contribution in [1.82, 2.24) is 14.5 Å². The normalized spacial score (nSPS) is 18.6. The second-order valence-corrected chi connectivity index (χ2v) is 8.69. The van der Waals surface area contributed by atoms with Crippen molar-refractivity contribution in [2.45, 2.75) is 33.8 Å². The Bertz CT molecular complexity index is 502. The van der Waals surface area contributed by atoms with E-state index in [2.05, 4.69) is 15.2 Å². The fourth-order valence-corrected chi connectivity index (χ4v) is 3.71. The molecule has 1 heterocycles. The Morgan fingerprint density at radius 2 is 1.88 bits per heavy atom. The number of nitrogens with zero attached hydrogens (tertiary/aromatic N) is 3. The van der Waals surface area contributed by atoms with E-state index >= 15 is 0 Å². The van der Waals surface area contributed by atoms with E-state index < -0.39 is 10.0 Å². The van der Waals surface area contributed by atoms with Crippen molar-refractivity contribution in [3.63, 3.8) is 0 Å². The molecule has 0 aliphatic carbocycles. The van der Waals surface area contributed by atoms with Crippen LogP contribution in [0.3, 0.4) is 0 Å². The first-order chi connectivity index (χ1) is 11.8. The third kappa shape index (κ3) is 7.89. The number of sulfonamides is 1. The zero-order valence-corrected chi connectivity index (χ0v) is 16.8. The number of aliphatic hydroxyl groups is 1. The van der Waals surface area contributed by atoms with Crippen LogP contribution in [0.1, 0.15) is 27.7 Å². The van der Waals surface area contributed by atoms with Crippen LogP contribution in [0, 0.1) is 5.92 Å². The predicted molar refractivity (Wildman–Crippen MR) is 100 cm³/mol. The van der Waals surface area contributed by atoms with Crippen LogP contribution in [0.4, 0.5) is 0 Å². The maximum absolute atomic E-state index is 12.4. The van der Waals surface area contributed by atoms with Gasteiger partial charge in [-0.2, -0.15) is 4.31 Å². The quantitative estimate of drug-likeness (QED) is 0.432. The lowest BCUT2D eigenvalue weighted by Crippen LogP contribution is -2.54. The number of aliphatic hydroxyl groups excluding tert-OH is 1. The van der Waals surface area contributed by atoms with Gasteiger partial charge in [0.25, 0.3) is 0 Å². The molecule has 0 aromatic rings. The molecule has 0 saturated carbocycles. The Morgan fingerprint density at radius 3 is 2.40 bits per heavy atom. The molecule has 1 aliphatic rings. The van der Waals surface area contributed by atoms with Crippen LogP contribution in [-0.2, 0) is 14.8 Å². The number of hydrogen-bond donors (Lipinski definition) is 2. The average Bonchev–Trinajstić information content (AvgIpc) is 2.57. The molecule has 8 nitrogen and oxygen atoms in total. The van der Waals surface area contributed by atoms with Gasteiger partial charge >= 0.3 is 0 Å². The Morgan fingerprint density at radius 1 is 1.24 bits per heavy atom. The van der Waals surface area contributed by atoms with Crippen molar-refractivity contribution < 1.29 is 18.3 Å². The van der Waals surface area contributed by atoms with Crippen molar-refractivity contribution in [3.05, 3.63) is 0 Å². The molecule has 1 rings (SSSR count). The Kier molecular flexibility index (Phi) is 9.70. The molecule has 2 N–H and O–H groups in total. The first kappa shape index (κ1) is 22.1. The van der Waals surface area contributed by atoms with Crippen molar-refractivity contribution in [3.8, 4) is 0 Å². The average molecular weight is 379 g/mol. The smallest absolute Gasteiger partial charge is 0.216 e. The molecular weight excluding hydrogens is 344 g/mol. The van der Waals surface area contributed by atoms with Gasteiger partial charge in [0, 0.05) is 45.9 Å². The van der Waals surface area contributed by atoms with Gasteiger partial charge in [-0.25, -0.2) is 8.42 Å². The van der Waals surface area contributed by atoms with Crippen LogP contribution in [0.25, 0.3) is 0 Å². The number of nitrogens with one attached hydrogen (secondary N) is 1. The lowest BCUT2D eigenvalue weighted by Gasteiger charge is -2.36. The predicted octanol–water partition coefficient (Wildman–Crippen LogP) is -0.0473. The van der Waals surface area contributed by atoms with Crippen molar-refractivity contribution >= 4 is 16.0 Å². The van der Waals surface area contributed by atoms with Crippen LogP contribution in [0.15, 0.2) is 4.99 Å². The number of piperazine rings is 1. The van der Waals surface area contributed by atoms with Gasteiger partial charge in [0.15, 0.2) is 5.96 Å². The maximum Gasteiger partial charge on any atom is 0.216 e. The van der Waals surface area contributed by atoms with Crippen LogP contribution < -0.4 is 5.32 Å². The van der Waals surface area contributed by atoms with E-state index in [0.717, 1.165) is 12.5 Å². The summed E-state index contributed by atoms with van der Waals surface area (Å²) in [6.07, 6.45) is 0.0345. The minimum atomic E-state index is -3.28. The van der Waals surface area contributed by atoms with E-state index in [9.17, 15) is 8.42 Å². The van der Waals surface area contributed by atoms with Gasteiger partial charge in [0.1, 0.15) is 0 Å². The molecule has 0 aromatic carbocycles. The molecule has 1 aliphatic heterocycles. The number of aliphatic imine (C=N–C) groups is 1. The molecule has 25 heavy (non-hydrogen) atoms. The van der Waals surface area contributed by atoms with E-state index in [-0.39, 0.29) is 31.0 Å². The zero-order valence-electron chi connectivity index (χ0n) is 15.9. The SMILES string of the molecule is CCNC(=NCC(C)CO)N1CCN(S(=O)(=O)CCOC(C)C)CC1. The molecule has 0 spiro atoms. The van der Waals surface area contributed by atoms with E-state index in [0.29, 0.717) is 32.7 Å². The summed E-state index contributed by atoms with van der Waals surface area (Å²) in [6, 6.07) is 0. The summed E-state index contributed by atoms with van der Waals surface area (Å²) in [5.74, 6) is 0.909. The fraction of sp³-hybridized carbons (Fsp3) is 0.938. The van der Waals surface area contributed by atoms with Gasteiger partial charge in [-0.05, 0) is 26.7 Å². The van der Waals surface area contributed by atoms with Crippen molar-refractivity contribution in [1.29, 1.82) is 0 Å². The van der Waals surface area contributed by atoms with Gasteiger partial charge in [-0.1, -0.05) is 6.92 Å². The number of hydrogen-bond acceptors (Lipinski definition) is 5. The first-order valence-corrected chi connectivity index (χ1v) is 10.6. The van der Waals surface area contributed by atoms with Gasteiger partial charge in [0.05, 0.1) is 18.5 Å². The highest BCUT2D eigenvalue weighted by Gasteiger charge is 2.28. The standard InChI is InChI=1S/C16H34N4O4S/c1-5-17-16(18-12-15(4)13-21)19-6-8-20(9-7-19)25(22,23)11-10-24-14(2)3/h14-15,21H,5-13H2,1-4H3,(H,17,18). The summed E-state index contributed by atoms with van der Waals surface area (Å²) in [5, 5.41) is 12.4. The lowest BCUT2D eigenvalue weighted by atomic mass is 10.2. The molecule has 0 radical (unpaired) electrons. The largest absolute Gasteiger partial charge is 0.396 e. The van der Waals surface area contributed by atoms with Crippen LogP contribution in [-0.4, -0.2) is 93.0 Å². The van der Waals surface area contributed by atoms with E-state index in [4.69, 9.17) is 9.84 Å². The maximum atomic E-state index is 12.4. The Labute approximate surface area is 152 Å². The van der Waals surface area contributed by atoms with Gasteiger partial charge in [-0.3, -0.25) is 4.99 Å². The molecule has 0 bridgehead atoms. The van der Waals surface area contributed by atoms with Crippen LogP contribution in [0.2, 0.25) is 0 Å². The molecule has 1 saturated heterocycles. The molecular formula is C16H34N4O4S. The third-order valence-electron chi connectivity index (χ3n) is 3.92. The van der Waals surface area contributed by atoms with E-state index in [1.54, 1.807) is 0 Å². The molecule has 0 aromatic heterocycles. The third-order valence-corrected chi connectivity index (χ3v) is 5.76. The van der Waals surface area contributed by atoms with Gasteiger partial charge in [0.2, 0.25) is 10.0 Å².